The third-order valence-electron chi connectivity index (χ3n) is 2.71. The maximum atomic E-state index is 5.25. The van der Waals surface area contributed by atoms with Crippen LogP contribution in [0.3, 0.4) is 0 Å². The van der Waals surface area contributed by atoms with Gasteiger partial charge in [0.25, 0.3) is 5.89 Å². The number of aryl methyl sites for hydroxylation is 1. The Morgan fingerprint density at radius 2 is 2.28 bits per heavy atom. The topological polar surface area (TPSA) is 66.0 Å². The Labute approximate surface area is 103 Å². The van der Waals surface area contributed by atoms with Crippen LogP contribution in [0.4, 0.5) is 0 Å². The van der Waals surface area contributed by atoms with E-state index in [1.807, 2.05) is 29.8 Å². The number of hydrogen-bond donors (Lipinski definition) is 0. The van der Waals surface area contributed by atoms with E-state index >= 15 is 0 Å². The summed E-state index contributed by atoms with van der Waals surface area (Å²) in [7, 11) is 3.53. The van der Waals surface area contributed by atoms with Gasteiger partial charge in [-0.15, -0.1) is 0 Å². The van der Waals surface area contributed by atoms with Crippen molar-refractivity contribution in [1.29, 1.82) is 0 Å². The summed E-state index contributed by atoms with van der Waals surface area (Å²) in [5, 5.41) is 3.86. The fourth-order valence-corrected chi connectivity index (χ4v) is 1.94. The van der Waals surface area contributed by atoms with Gasteiger partial charge in [-0.2, -0.15) is 4.98 Å². The van der Waals surface area contributed by atoms with Crippen LogP contribution in [0.15, 0.2) is 29.0 Å². The monoisotopic (exact) mass is 244 g/mol. The van der Waals surface area contributed by atoms with Crippen LogP contribution < -0.4 is 0 Å². The first-order valence-corrected chi connectivity index (χ1v) is 5.51. The van der Waals surface area contributed by atoms with Crippen LogP contribution in [0.25, 0.3) is 22.5 Å². The first kappa shape index (κ1) is 10.9. The van der Waals surface area contributed by atoms with Crippen LogP contribution in [-0.4, -0.2) is 26.8 Å². The Hall–Kier alpha value is -2.21. The molecule has 0 aliphatic heterocycles. The molecule has 92 valence electrons. The Kier molecular flexibility index (Phi) is 2.56. The van der Waals surface area contributed by atoms with E-state index in [0.717, 1.165) is 16.6 Å². The average Bonchev–Trinajstić information content (AvgIpc) is 2.98. The summed E-state index contributed by atoms with van der Waals surface area (Å²) in [6.07, 6.45) is 1.76. The number of rotatable bonds is 3. The van der Waals surface area contributed by atoms with Crippen molar-refractivity contribution in [2.24, 2.45) is 7.05 Å². The van der Waals surface area contributed by atoms with E-state index in [4.69, 9.17) is 9.26 Å². The van der Waals surface area contributed by atoms with Crippen LogP contribution in [0.2, 0.25) is 0 Å². The van der Waals surface area contributed by atoms with Crippen LogP contribution in [-0.2, 0) is 18.4 Å². The average molecular weight is 244 g/mol. The summed E-state index contributed by atoms with van der Waals surface area (Å²) >= 11 is 0. The van der Waals surface area contributed by atoms with Gasteiger partial charge in [0.15, 0.2) is 5.82 Å². The molecular formula is C12H12N4O2. The van der Waals surface area contributed by atoms with Crippen LogP contribution >= 0.6 is 0 Å². The summed E-state index contributed by atoms with van der Waals surface area (Å²) in [5.74, 6) is 1.02. The normalized spacial score (nSPS) is 11.2. The van der Waals surface area contributed by atoms with Crippen molar-refractivity contribution in [3.05, 3.63) is 30.4 Å². The molecule has 0 N–H and O–H groups in total. The molecule has 3 aromatic rings. The summed E-state index contributed by atoms with van der Waals surface area (Å²) in [6.45, 7) is 0.338. The smallest absolute Gasteiger partial charge is 0.260 e. The molecule has 0 bridgehead atoms. The van der Waals surface area contributed by atoms with Gasteiger partial charge in [-0.05, 0) is 12.1 Å². The van der Waals surface area contributed by atoms with Gasteiger partial charge in [0.05, 0.1) is 22.9 Å². The van der Waals surface area contributed by atoms with E-state index in [1.54, 1.807) is 13.4 Å². The molecule has 18 heavy (non-hydrogen) atoms. The molecule has 0 amide bonds. The van der Waals surface area contributed by atoms with Crippen LogP contribution in [0.1, 0.15) is 5.82 Å². The molecule has 6 nitrogen and oxygen atoms in total. The van der Waals surface area contributed by atoms with Gasteiger partial charge in [-0.1, -0.05) is 11.2 Å². The number of para-hydroxylation sites is 1. The van der Waals surface area contributed by atoms with Gasteiger partial charge in [0.2, 0.25) is 0 Å². The number of benzene rings is 1. The van der Waals surface area contributed by atoms with Crippen molar-refractivity contribution in [1.82, 2.24) is 19.7 Å². The molecule has 6 heteroatoms. The lowest BCUT2D eigenvalue weighted by molar-refractivity contribution is 0.174. The molecule has 0 saturated heterocycles. The molecule has 2 aromatic heterocycles. The number of ether oxygens (including phenoxy) is 1. The molecule has 1 aromatic carbocycles. The predicted molar refractivity (Wildman–Crippen MR) is 64.7 cm³/mol. The molecule has 0 fully saturated rings. The second-order valence-corrected chi connectivity index (χ2v) is 3.98. The summed E-state index contributed by atoms with van der Waals surface area (Å²) in [6, 6.07) is 5.81. The Balaban J connectivity index is 2.15. The first-order valence-electron chi connectivity index (χ1n) is 5.51. The van der Waals surface area contributed by atoms with Gasteiger partial charge in [0.1, 0.15) is 6.61 Å². The number of nitrogens with zero attached hydrogens (tertiary/aromatic N) is 4. The van der Waals surface area contributed by atoms with E-state index in [9.17, 15) is 0 Å². The van der Waals surface area contributed by atoms with E-state index in [0.29, 0.717) is 18.3 Å². The minimum Gasteiger partial charge on any atom is -0.377 e. The number of fused-ring (bicyclic) bond motifs is 1. The lowest BCUT2D eigenvalue weighted by Crippen LogP contribution is -1.91. The molecule has 0 aliphatic rings. The van der Waals surface area contributed by atoms with Gasteiger partial charge in [-0.25, -0.2) is 4.98 Å². The highest BCUT2D eigenvalue weighted by molar-refractivity contribution is 5.89. The summed E-state index contributed by atoms with van der Waals surface area (Å²) in [4.78, 5) is 8.59. The van der Waals surface area contributed by atoms with Gasteiger partial charge in [0, 0.05) is 14.2 Å². The Bertz CT molecular complexity index is 686. The van der Waals surface area contributed by atoms with E-state index < -0.39 is 0 Å². The van der Waals surface area contributed by atoms with Crippen molar-refractivity contribution >= 4 is 11.0 Å². The highest BCUT2D eigenvalue weighted by atomic mass is 16.5. The minimum absolute atomic E-state index is 0.338. The van der Waals surface area contributed by atoms with Crippen LogP contribution in [0, 0.1) is 0 Å². The molecule has 0 atom stereocenters. The highest BCUT2D eigenvalue weighted by Gasteiger charge is 2.14. The Morgan fingerprint density at radius 3 is 3.11 bits per heavy atom. The van der Waals surface area contributed by atoms with Gasteiger partial charge < -0.3 is 13.8 Å². The molecule has 0 saturated carbocycles. The summed E-state index contributed by atoms with van der Waals surface area (Å²) < 4.78 is 12.2. The van der Waals surface area contributed by atoms with Crippen molar-refractivity contribution in [3.8, 4) is 11.5 Å². The van der Waals surface area contributed by atoms with Crippen molar-refractivity contribution in [2.45, 2.75) is 6.61 Å². The maximum absolute atomic E-state index is 5.25. The first-order chi connectivity index (χ1) is 8.79. The van der Waals surface area contributed by atoms with Crippen molar-refractivity contribution in [3.63, 3.8) is 0 Å². The molecule has 0 unspecified atom stereocenters. The number of imidazole rings is 1. The largest absolute Gasteiger partial charge is 0.377 e. The quantitative estimate of drug-likeness (QED) is 0.702. The van der Waals surface area contributed by atoms with Crippen molar-refractivity contribution < 1.29 is 9.26 Å². The van der Waals surface area contributed by atoms with E-state index in [-0.39, 0.29) is 0 Å². The van der Waals surface area contributed by atoms with Gasteiger partial charge in [-0.3, -0.25) is 0 Å². The zero-order valence-corrected chi connectivity index (χ0v) is 10.1. The molecule has 0 spiro atoms. The fraction of sp³-hybridized carbons (Fsp3) is 0.250. The SMILES string of the molecule is COCc1noc(-c2cccc3ncn(C)c23)n1. The zero-order chi connectivity index (χ0) is 12.5. The second kappa shape index (κ2) is 4.23. The standard InChI is InChI=1S/C12H12N4O2/c1-16-7-13-9-5-3-4-8(11(9)16)12-14-10(6-17-2)15-18-12/h3-5,7H,6H2,1-2H3. The lowest BCUT2D eigenvalue weighted by Gasteiger charge is -1.99. The molecule has 3 rings (SSSR count). The molecule has 2 heterocycles. The predicted octanol–water partition coefficient (Wildman–Crippen LogP) is 1.77. The third-order valence-corrected chi connectivity index (χ3v) is 2.71. The summed E-state index contributed by atoms with van der Waals surface area (Å²) in [5.41, 5.74) is 2.76. The number of hydrogen-bond acceptors (Lipinski definition) is 5. The number of aromatic nitrogens is 4. The fourth-order valence-electron chi connectivity index (χ4n) is 1.94. The lowest BCUT2D eigenvalue weighted by atomic mass is 10.2. The molecule has 0 aliphatic carbocycles. The third kappa shape index (κ3) is 1.67. The minimum atomic E-state index is 0.338. The Morgan fingerprint density at radius 1 is 1.39 bits per heavy atom. The maximum Gasteiger partial charge on any atom is 0.260 e. The van der Waals surface area contributed by atoms with E-state index in [2.05, 4.69) is 15.1 Å². The van der Waals surface area contributed by atoms with Gasteiger partial charge >= 0.3 is 0 Å². The highest BCUT2D eigenvalue weighted by Crippen LogP contribution is 2.26. The van der Waals surface area contributed by atoms with Crippen LogP contribution in [0.5, 0.6) is 0 Å². The molecular weight excluding hydrogens is 232 g/mol. The molecule has 0 radical (unpaired) electrons. The number of methoxy groups -OCH3 is 1. The second-order valence-electron chi connectivity index (χ2n) is 3.98. The zero-order valence-electron chi connectivity index (χ0n) is 10.1. The van der Waals surface area contributed by atoms with Crippen molar-refractivity contribution in [2.75, 3.05) is 7.11 Å². The van der Waals surface area contributed by atoms with E-state index in [1.165, 1.54) is 0 Å².